The lowest BCUT2D eigenvalue weighted by Crippen LogP contribution is -2.43. The van der Waals surface area contributed by atoms with Crippen LogP contribution in [0.5, 0.6) is 0 Å². The van der Waals surface area contributed by atoms with E-state index in [9.17, 15) is 4.79 Å². The van der Waals surface area contributed by atoms with Crippen LogP contribution in [0, 0.1) is 5.92 Å². The molecular weight excluding hydrogens is 274 g/mol. The summed E-state index contributed by atoms with van der Waals surface area (Å²) in [5.41, 5.74) is 7.11. The zero-order valence-electron chi connectivity index (χ0n) is 11.5. The van der Waals surface area contributed by atoms with E-state index in [1.54, 1.807) is 6.07 Å². The Kier molecular flexibility index (Phi) is 5.02. The highest BCUT2D eigenvalue weighted by atomic mass is 35.5. The number of nitrogens with two attached hydrogens (primary N) is 1. The Hall–Kier alpha value is -1.10. The van der Waals surface area contributed by atoms with E-state index in [1.807, 2.05) is 12.1 Å². The molecule has 110 valence electrons. The molecule has 1 aromatic carbocycles. The molecule has 5 heteroatoms. The average Bonchev–Trinajstić information content (AvgIpc) is 2.86. The molecule has 4 nitrogen and oxygen atoms in total. The van der Waals surface area contributed by atoms with Gasteiger partial charge >= 0.3 is 0 Å². The highest BCUT2D eigenvalue weighted by Gasteiger charge is 2.32. The molecule has 0 spiro atoms. The SMILES string of the molecule is Cl.NC(=O)c1cccc(CN2CCC3NCCC3C2)c1. The minimum atomic E-state index is -0.347. The summed E-state index contributed by atoms with van der Waals surface area (Å²) in [5, 5.41) is 3.58. The van der Waals surface area contributed by atoms with Gasteiger partial charge in [-0.05, 0) is 49.5 Å². The van der Waals surface area contributed by atoms with Gasteiger partial charge in [0.05, 0.1) is 0 Å². The maximum absolute atomic E-state index is 11.2. The summed E-state index contributed by atoms with van der Waals surface area (Å²) in [6.07, 6.45) is 2.53. The molecule has 2 unspecified atom stereocenters. The molecule has 20 heavy (non-hydrogen) atoms. The fourth-order valence-corrected chi connectivity index (χ4v) is 3.35. The van der Waals surface area contributed by atoms with Crippen molar-refractivity contribution in [3.63, 3.8) is 0 Å². The third-order valence-electron chi connectivity index (χ3n) is 4.36. The number of nitrogens with one attached hydrogen (secondary N) is 1. The monoisotopic (exact) mass is 295 g/mol. The number of amides is 1. The van der Waals surface area contributed by atoms with Crippen LogP contribution < -0.4 is 11.1 Å². The fourth-order valence-electron chi connectivity index (χ4n) is 3.35. The number of hydrogen-bond donors (Lipinski definition) is 2. The Morgan fingerprint density at radius 1 is 1.40 bits per heavy atom. The van der Waals surface area contributed by atoms with Gasteiger partial charge in [0, 0.05) is 24.7 Å². The molecule has 2 aliphatic heterocycles. The molecule has 1 amide bonds. The van der Waals surface area contributed by atoms with E-state index in [4.69, 9.17) is 5.73 Å². The van der Waals surface area contributed by atoms with Crippen LogP contribution in [-0.2, 0) is 6.54 Å². The molecule has 3 rings (SSSR count). The van der Waals surface area contributed by atoms with E-state index in [-0.39, 0.29) is 18.3 Å². The number of primary amides is 1. The summed E-state index contributed by atoms with van der Waals surface area (Å²) in [7, 11) is 0. The number of carbonyl (C=O) groups is 1. The normalized spacial score (nSPS) is 25.8. The first kappa shape index (κ1) is 15.3. The number of nitrogens with zero attached hydrogens (tertiary/aromatic N) is 1. The predicted octanol–water partition coefficient (Wildman–Crippen LogP) is 1.39. The van der Waals surface area contributed by atoms with E-state index in [1.165, 1.54) is 31.5 Å². The number of halogens is 1. The molecule has 2 atom stereocenters. The third-order valence-corrected chi connectivity index (χ3v) is 4.36. The van der Waals surface area contributed by atoms with Gasteiger partial charge < -0.3 is 11.1 Å². The Balaban J connectivity index is 0.00000147. The van der Waals surface area contributed by atoms with Crippen LogP contribution in [0.3, 0.4) is 0 Å². The van der Waals surface area contributed by atoms with E-state index >= 15 is 0 Å². The Labute approximate surface area is 126 Å². The first-order chi connectivity index (χ1) is 9.22. The van der Waals surface area contributed by atoms with Crippen LogP contribution in [0.1, 0.15) is 28.8 Å². The van der Waals surface area contributed by atoms with Gasteiger partial charge in [0.15, 0.2) is 0 Å². The zero-order valence-corrected chi connectivity index (χ0v) is 12.4. The lowest BCUT2D eigenvalue weighted by atomic mass is 9.93. The molecule has 0 saturated carbocycles. The van der Waals surface area contributed by atoms with Crippen LogP contribution >= 0.6 is 12.4 Å². The van der Waals surface area contributed by atoms with Gasteiger partial charge in [-0.15, -0.1) is 12.4 Å². The molecule has 3 N–H and O–H groups in total. The Bertz CT molecular complexity index is 480. The van der Waals surface area contributed by atoms with Gasteiger partial charge in [0.25, 0.3) is 0 Å². The number of fused-ring (bicyclic) bond motifs is 1. The summed E-state index contributed by atoms with van der Waals surface area (Å²) < 4.78 is 0. The van der Waals surface area contributed by atoms with Crippen molar-refractivity contribution in [1.29, 1.82) is 0 Å². The Morgan fingerprint density at radius 3 is 3.05 bits per heavy atom. The van der Waals surface area contributed by atoms with Crippen molar-refractivity contribution in [2.45, 2.75) is 25.4 Å². The third kappa shape index (κ3) is 3.32. The molecule has 0 aliphatic carbocycles. The van der Waals surface area contributed by atoms with Gasteiger partial charge in [-0.25, -0.2) is 0 Å². The largest absolute Gasteiger partial charge is 0.366 e. The van der Waals surface area contributed by atoms with Gasteiger partial charge in [0.2, 0.25) is 5.91 Å². The summed E-state index contributed by atoms with van der Waals surface area (Å²) >= 11 is 0. The number of rotatable bonds is 3. The van der Waals surface area contributed by atoms with Crippen molar-refractivity contribution in [1.82, 2.24) is 10.2 Å². The van der Waals surface area contributed by atoms with Crippen molar-refractivity contribution >= 4 is 18.3 Å². The number of piperidine rings is 1. The molecule has 2 heterocycles. The molecule has 2 aliphatic rings. The van der Waals surface area contributed by atoms with Crippen molar-refractivity contribution < 1.29 is 4.79 Å². The highest BCUT2D eigenvalue weighted by Crippen LogP contribution is 2.25. The highest BCUT2D eigenvalue weighted by molar-refractivity contribution is 5.92. The molecule has 2 saturated heterocycles. The minimum Gasteiger partial charge on any atom is -0.366 e. The second-order valence-corrected chi connectivity index (χ2v) is 5.70. The van der Waals surface area contributed by atoms with Crippen molar-refractivity contribution in [3.8, 4) is 0 Å². The topological polar surface area (TPSA) is 58.4 Å². The maximum Gasteiger partial charge on any atom is 0.248 e. The van der Waals surface area contributed by atoms with E-state index in [0.29, 0.717) is 5.56 Å². The van der Waals surface area contributed by atoms with Gasteiger partial charge in [-0.2, -0.15) is 0 Å². The quantitative estimate of drug-likeness (QED) is 0.886. The summed E-state index contributed by atoms with van der Waals surface area (Å²) in [6.45, 7) is 4.39. The number of likely N-dealkylation sites (tertiary alicyclic amines) is 1. The van der Waals surface area contributed by atoms with Crippen LogP contribution in [0.2, 0.25) is 0 Å². The summed E-state index contributed by atoms with van der Waals surface area (Å²) in [4.78, 5) is 13.7. The first-order valence-corrected chi connectivity index (χ1v) is 7.07. The molecular formula is C15H22ClN3O. The molecule has 0 aromatic heterocycles. The minimum absolute atomic E-state index is 0. The van der Waals surface area contributed by atoms with E-state index in [0.717, 1.165) is 25.0 Å². The van der Waals surface area contributed by atoms with Crippen LogP contribution in [0.25, 0.3) is 0 Å². The molecule has 2 fully saturated rings. The molecule has 0 bridgehead atoms. The summed E-state index contributed by atoms with van der Waals surface area (Å²) in [5.74, 6) is 0.452. The smallest absolute Gasteiger partial charge is 0.248 e. The molecule has 0 radical (unpaired) electrons. The average molecular weight is 296 g/mol. The van der Waals surface area contributed by atoms with E-state index in [2.05, 4.69) is 16.3 Å². The van der Waals surface area contributed by atoms with Crippen LogP contribution in [0.4, 0.5) is 0 Å². The van der Waals surface area contributed by atoms with Crippen molar-refractivity contribution in [3.05, 3.63) is 35.4 Å². The summed E-state index contributed by atoms with van der Waals surface area (Å²) in [6, 6.07) is 8.42. The molecule has 1 aromatic rings. The van der Waals surface area contributed by atoms with E-state index < -0.39 is 0 Å². The number of hydrogen-bond acceptors (Lipinski definition) is 3. The second kappa shape index (κ2) is 6.57. The number of carbonyl (C=O) groups excluding carboxylic acids is 1. The fraction of sp³-hybridized carbons (Fsp3) is 0.533. The van der Waals surface area contributed by atoms with Gasteiger partial charge in [-0.1, -0.05) is 12.1 Å². The maximum atomic E-state index is 11.2. The Morgan fingerprint density at radius 2 is 2.25 bits per heavy atom. The second-order valence-electron chi connectivity index (χ2n) is 5.70. The zero-order chi connectivity index (χ0) is 13.2. The van der Waals surface area contributed by atoms with Crippen molar-refractivity contribution in [2.24, 2.45) is 11.7 Å². The lowest BCUT2D eigenvalue weighted by Gasteiger charge is -2.34. The van der Waals surface area contributed by atoms with Crippen LogP contribution in [-0.4, -0.2) is 36.5 Å². The van der Waals surface area contributed by atoms with Gasteiger partial charge in [-0.3, -0.25) is 9.69 Å². The predicted molar refractivity (Wildman–Crippen MR) is 82.0 cm³/mol. The standard InChI is InChI=1S/C15H21N3O.ClH/c16-15(19)12-3-1-2-11(8-12)9-18-7-5-14-13(10-18)4-6-17-14;/h1-3,8,13-14,17H,4-7,9-10H2,(H2,16,19);1H. The van der Waals surface area contributed by atoms with Crippen molar-refractivity contribution in [2.75, 3.05) is 19.6 Å². The van der Waals surface area contributed by atoms with Gasteiger partial charge in [0.1, 0.15) is 0 Å². The first-order valence-electron chi connectivity index (χ1n) is 7.07. The number of benzene rings is 1. The van der Waals surface area contributed by atoms with Crippen LogP contribution in [0.15, 0.2) is 24.3 Å². The lowest BCUT2D eigenvalue weighted by molar-refractivity contribution is 0.1000.